The predicted octanol–water partition coefficient (Wildman–Crippen LogP) is 5.49. The second-order valence-corrected chi connectivity index (χ2v) is 6.79. The Kier molecular flexibility index (Phi) is 12.1. The van der Waals surface area contributed by atoms with Crippen LogP contribution in [0.4, 0.5) is 0 Å². The van der Waals surface area contributed by atoms with Gasteiger partial charge in [0.05, 0.1) is 20.3 Å². The van der Waals surface area contributed by atoms with Gasteiger partial charge in [-0.15, -0.1) is 12.5 Å². The van der Waals surface area contributed by atoms with Crippen LogP contribution in [0.5, 0.6) is 11.5 Å². The molecule has 0 aliphatic carbocycles. The van der Waals surface area contributed by atoms with Crippen LogP contribution in [0.1, 0.15) is 57.9 Å². The lowest BCUT2D eigenvalue weighted by atomic mass is 10.1. The molecule has 0 aliphatic rings. The number of ether oxygens (including phenoxy) is 2. The highest BCUT2D eigenvalue weighted by atomic mass is 16.5. The van der Waals surface area contributed by atoms with E-state index in [-0.39, 0.29) is 0 Å². The van der Waals surface area contributed by atoms with Crippen molar-refractivity contribution < 1.29 is 9.47 Å². The molecule has 0 N–H and O–H groups in total. The van der Waals surface area contributed by atoms with Crippen molar-refractivity contribution in [3.8, 4) is 23.3 Å². The molecule has 1 unspecified atom stereocenters. The minimum atomic E-state index is 0.295. The van der Waals surface area contributed by atoms with Crippen molar-refractivity contribution in [1.82, 2.24) is 4.90 Å². The van der Waals surface area contributed by atoms with Gasteiger partial charge in [-0.1, -0.05) is 51.2 Å². The number of hydrogen-bond acceptors (Lipinski definition) is 3. The van der Waals surface area contributed by atoms with Gasteiger partial charge in [0.1, 0.15) is 11.5 Å². The molecule has 0 aromatic heterocycles. The first-order chi connectivity index (χ1) is 13.2. The summed E-state index contributed by atoms with van der Waals surface area (Å²) in [7, 11) is 3.39. The highest BCUT2D eigenvalue weighted by molar-refractivity contribution is 5.40. The third kappa shape index (κ3) is 8.54. The van der Waals surface area contributed by atoms with E-state index in [4.69, 9.17) is 9.47 Å². The Morgan fingerprint density at radius 3 is 2.56 bits per heavy atom. The molecule has 0 heterocycles. The van der Waals surface area contributed by atoms with E-state index in [1.165, 1.54) is 31.2 Å². The molecule has 0 fully saturated rings. The van der Waals surface area contributed by atoms with Gasteiger partial charge in [-0.3, -0.25) is 4.90 Å². The van der Waals surface area contributed by atoms with Crippen LogP contribution in [0, 0.1) is 11.8 Å². The summed E-state index contributed by atoms with van der Waals surface area (Å²) in [6.07, 6.45) is 9.78. The lowest BCUT2D eigenvalue weighted by Crippen LogP contribution is -2.36. The van der Waals surface area contributed by atoms with Crippen molar-refractivity contribution in [3.05, 3.63) is 36.4 Å². The van der Waals surface area contributed by atoms with Crippen molar-refractivity contribution in [2.24, 2.45) is 0 Å². The van der Waals surface area contributed by atoms with Gasteiger partial charge < -0.3 is 9.47 Å². The van der Waals surface area contributed by atoms with Crippen LogP contribution in [0.3, 0.4) is 0 Å². The summed E-state index contributed by atoms with van der Waals surface area (Å²) < 4.78 is 10.9. The maximum Gasteiger partial charge on any atom is 0.125 e. The quantitative estimate of drug-likeness (QED) is 0.260. The Bertz CT molecular complexity index is 600. The van der Waals surface area contributed by atoms with Gasteiger partial charge in [0, 0.05) is 25.6 Å². The summed E-state index contributed by atoms with van der Waals surface area (Å²) in [5, 5.41) is 0. The van der Waals surface area contributed by atoms with Gasteiger partial charge >= 0.3 is 0 Å². The molecular weight excluding hydrogens is 334 g/mol. The molecule has 0 spiro atoms. The molecular formula is C24H37NO2. The Hall–Kier alpha value is -1.92. The van der Waals surface area contributed by atoms with E-state index in [2.05, 4.69) is 43.2 Å². The smallest absolute Gasteiger partial charge is 0.125 e. The van der Waals surface area contributed by atoms with Crippen molar-refractivity contribution in [1.29, 1.82) is 0 Å². The van der Waals surface area contributed by atoms with Gasteiger partial charge in [0.25, 0.3) is 0 Å². The van der Waals surface area contributed by atoms with Crippen molar-refractivity contribution >= 4 is 0 Å². The van der Waals surface area contributed by atoms with E-state index < -0.39 is 0 Å². The minimum absolute atomic E-state index is 0.295. The molecule has 0 radical (unpaired) electrons. The number of methoxy groups -OCH3 is 2. The van der Waals surface area contributed by atoms with Crippen LogP contribution in [0.25, 0.3) is 0 Å². The Morgan fingerprint density at radius 2 is 1.93 bits per heavy atom. The first-order valence-electron chi connectivity index (χ1n) is 10.2. The molecule has 1 aromatic carbocycles. The second-order valence-electron chi connectivity index (χ2n) is 6.79. The maximum absolute atomic E-state index is 5.55. The minimum Gasteiger partial charge on any atom is -0.497 e. The van der Waals surface area contributed by atoms with Crippen molar-refractivity contribution in [2.75, 3.05) is 27.3 Å². The van der Waals surface area contributed by atoms with E-state index in [1.54, 1.807) is 14.2 Å². The standard InChI is InChI=1S/C24H37NO2/c1-6-9-11-12-14-22(13-10-7-2)25(18-8-3)19-17-21-15-16-23(26-4)20-24(21)27-5/h8,15-16,20,22H,3,6-7,9-11,13,17-19H2,1-2,4-5H3. The molecule has 27 heavy (non-hydrogen) atoms. The fourth-order valence-corrected chi connectivity index (χ4v) is 3.06. The normalized spacial score (nSPS) is 11.6. The molecule has 0 aliphatic heterocycles. The fourth-order valence-electron chi connectivity index (χ4n) is 3.06. The molecule has 0 amide bonds. The van der Waals surface area contributed by atoms with Gasteiger partial charge in [0.2, 0.25) is 0 Å². The highest BCUT2D eigenvalue weighted by Crippen LogP contribution is 2.25. The molecule has 0 saturated carbocycles. The van der Waals surface area contributed by atoms with E-state index in [0.717, 1.165) is 43.9 Å². The molecule has 0 saturated heterocycles. The second kappa shape index (κ2) is 14.2. The zero-order valence-corrected chi connectivity index (χ0v) is 17.7. The molecule has 0 bridgehead atoms. The van der Waals surface area contributed by atoms with Gasteiger partial charge in [0.15, 0.2) is 0 Å². The van der Waals surface area contributed by atoms with Crippen molar-refractivity contribution in [3.63, 3.8) is 0 Å². The van der Waals surface area contributed by atoms with Crippen LogP contribution in [0.2, 0.25) is 0 Å². The number of unbranched alkanes of at least 4 members (excludes halogenated alkanes) is 3. The lowest BCUT2D eigenvalue weighted by Gasteiger charge is -2.27. The molecule has 1 aromatic rings. The third-order valence-corrected chi connectivity index (χ3v) is 4.72. The fraction of sp³-hybridized carbons (Fsp3) is 0.583. The van der Waals surface area contributed by atoms with Crippen LogP contribution in [0.15, 0.2) is 30.9 Å². The highest BCUT2D eigenvalue weighted by Gasteiger charge is 2.16. The van der Waals surface area contributed by atoms with Crippen LogP contribution in [-0.4, -0.2) is 38.3 Å². The Labute approximate surface area is 166 Å². The number of hydrogen-bond donors (Lipinski definition) is 0. The van der Waals surface area contributed by atoms with Gasteiger partial charge in [-0.2, -0.15) is 0 Å². The monoisotopic (exact) mass is 371 g/mol. The number of nitrogens with zero attached hydrogens (tertiary/aromatic N) is 1. The molecule has 3 heteroatoms. The summed E-state index contributed by atoms with van der Waals surface area (Å²) in [5.74, 6) is 8.64. The topological polar surface area (TPSA) is 21.7 Å². The average molecular weight is 372 g/mol. The third-order valence-electron chi connectivity index (χ3n) is 4.72. The summed E-state index contributed by atoms with van der Waals surface area (Å²) >= 11 is 0. The first-order valence-corrected chi connectivity index (χ1v) is 10.2. The Balaban J connectivity index is 2.86. The first kappa shape index (κ1) is 23.1. The summed E-state index contributed by atoms with van der Waals surface area (Å²) in [6.45, 7) is 10.2. The molecule has 1 atom stereocenters. The number of rotatable bonds is 13. The van der Waals surface area contributed by atoms with Gasteiger partial charge in [-0.25, -0.2) is 0 Å². The molecule has 3 nitrogen and oxygen atoms in total. The van der Waals surface area contributed by atoms with E-state index in [0.29, 0.717) is 6.04 Å². The van der Waals surface area contributed by atoms with E-state index in [9.17, 15) is 0 Å². The van der Waals surface area contributed by atoms with Gasteiger partial charge in [-0.05, 0) is 30.9 Å². The zero-order valence-electron chi connectivity index (χ0n) is 17.7. The van der Waals surface area contributed by atoms with Crippen LogP contribution in [-0.2, 0) is 6.42 Å². The Morgan fingerprint density at radius 1 is 1.15 bits per heavy atom. The summed E-state index contributed by atoms with van der Waals surface area (Å²) in [4.78, 5) is 2.45. The zero-order chi connectivity index (χ0) is 19.9. The van der Waals surface area contributed by atoms with Crippen molar-refractivity contribution in [2.45, 2.75) is 64.8 Å². The summed E-state index contributed by atoms with van der Waals surface area (Å²) in [5.41, 5.74) is 1.19. The number of benzene rings is 1. The van der Waals surface area contributed by atoms with Crippen LogP contribution >= 0.6 is 0 Å². The SMILES string of the molecule is C=CCN(CCc1ccc(OC)cc1OC)C(C#CCCCC)CCCC. The van der Waals surface area contributed by atoms with E-state index >= 15 is 0 Å². The average Bonchev–Trinajstić information content (AvgIpc) is 2.70. The molecule has 150 valence electrons. The van der Waals surface area contributed by atoms with E-state index in [1.807, 2.05) is 18.2 Å². The molecule has 1 rings (SSSR count). The largest absolute Gasteiger partial charge is 0.497 e. The predicted molar refractivity (Wildman–Crippen MR) is 116 cm³/mol. The summed E-state index contributed by atoms with van der Waals surface area (Å²) in [6, 6.07) is 6.34. The maximum atomic E-state index is 5.55. The lowest BCUT2D eigenvalue weighted by molar-refractivity contribution is 0.249. The van der Waals surface area contributed by atoms with Crippen LogP contribution < -0.4 is 9.47 Å².